The first-order valence-corrected chi connectivity index (χ1v) is 8.73. The maximum atomic E-state index is 12.7. The van der Waals surface area contributed by atoms with Gasteiger partial charge in [0, 0.05) is 23.7 Å². The van der Waals surface area contributed by atoms with Crippen molar-refractivity contribution in [3.63, 3.8) is 0 Å². The van der Waals surface area contributed by atoms with Gasteiger partial charge in [0.2, 0.25) is 10.0 Å². The number of sulfonamides is 1. The molecule has 8 nitrogen and oxygen atoms in total. The van der Waals surface area contributed by atoms with Gasteiger partial charge in [-0.15, -0.1) is 0 Å². The molecule has 25 heavy (non-hydrogen) atoms. The van der Waals surface area contributed by atoms with Gasteiger partial charge in [0.05, 0.1) is 9.82 Å². The maximum absolute atomic E-state index is 12.7. The summed E-state index contributed by atoms with van der Waals surface area (Å²) in [4.78, 5) is 20.8. The molecule has 0 atom stereocenters. The van der Waals surface area contributed by atoms with E-state index in [1.54, 1.807) is 24.3 Å². The minimum atomic E-state index is -4.18. The van der Waals surface area contributed by atoms with Crippen LogP contribution in [-0.4, -0.2) is 35.3 Å². The third-order valence-corrected chi connectivity index (χ3v) is 5.48. The lowest BCUT2D eigenvalue weighted by Gasteiger charge is -2.21. The van der Waals surface area contributed by atoms with Crippen molar-refractivity contribution in [3.05, 3.63) is 69.2 Å². The highest BCUT2D eigenvalue weighted by atomic mass is 35.5. The highest BCUT2D eigenvalue weighted by Crippen LogP contribution is 2.23. The third-order valence-electron chi connectivity index (χ3n) is 3.30. The second kappa shape index (κ2) is 7.60. The molecule has 2 aromatic rings. The number of halogens is 1. The van der Waals surface area contributed by atoms with E-state index in [-0.39, 0.29) is 17.1 Å². The molecule has 0 bridgehead atoms. The van der Waals surface area contributed by atoms with E-state index in [4.69, 9.17) is 16.7 Å². The molecule has 2 rings (SSSR count). The Morgan fingerprint density at radius 3 is 2.28 bits per heavy atom. The van der Waals surface area contributed by atoms with Crippen molar-refractivity contribution < 1.29 is 23.2 Å². The van der Waals surface area contributed by atoms with Gasteiger partial charge in [-0.2, -0.15) is 4.31 Å². The van der Waals surface area contributed by atoms with Crippen molar-refractivity contribution in [1.29, 1.82) is 0 Å². The predicted molar refractivity (Wildman–Crippen MR) is 89.8 cm³/mol. The second-order valence-electron chi connectivity index (χ2n) is 5.01. The highest BCUT2D eigenvalue weighted by molar-refractivity contribution is 7.89. The first-order valence-electron chi connectivity index (χ1n) is 6.91. The smallest absolute Gasteiger partial charge is 0.318 e. The lowest BCUT2D eigenvalue weighted by Crippen LogP contribution is -2.35. The largest absolute Gasteiger partial charge is 0.480 e. The molecule has 10 heteroatoms. The summed E-state index contributed by atoms with van der Waals surface area (Å²) in [5, 5.41) is 20.0. The van der Waals surface area contributed by atoms with E-state index in [1.807, 2.05) is 0 Å². The second-order valence-corrected chi connectivity index (χ2v) is 7.35. The molecule has 0 saturated heterocycles. The first kappa shape index (κ1) is 18.8. The Hall–Kier alpha value is -2.49. The standard InChI is InChI=1S/C15H13ClN2O6S/c16-14-4-2-1-3-11(14)9-17(10-15(19)20)25(23,24)13-7-5-12(6-8-13)18(21)22/h1-8H,9-10H2,(H,19,20). The minimum Gasteiger partial charge on any atom is -0.480 e. The SMILES string of the molecule is O=C(O)CN(Cc1ccccc1Cl)S(=O)(=O)c1ccc([N+](=O)[O-])cc1. The van der Waals surface area contributed by atoms with Gasteiger partial charge in [-0.05, 0) is 23.8 Å². The summed E-state index contributed by atoms with van der Waals surface area (Å²) in [6, 6.07) is 10.7. The lowest BCUT2D eigenvalue weighted by molar-refractivity contribution is -0.384. The molecule has 0 aliphatic rings. The number of carboxylic acids is 1. The van der Waals surface area contributed by atoms with Crippen molar-refractivity contribution in [2.45, 2.75) is 11.4 Å². The van der Waals surface area contributed by atoms with Crippen LogP contribution in [0.4, 0.5) is 5.69 Å². The molecule has 132 valence electrons. The van der Waals surface area contributed by atoms with E-state index in [0.29, 0.717) is 10.6 Å². The Morgan fingerprint density at radius 2 is 1.76 bits per heavy atom. The zero-order valence-corrected chi connectivity index (χ0v) is 14.3. The normalized spacial score (nSPS) is 11.4. The average Bonchev–Trinajstić information content (AvgIpc) is 2.56. The van der Waals surface area contributed by atoms with Crippen LogP contribution in [-0.2, 0) is 21.4 Å². The summed E-state index contributed by atoms with van der Waals surface area (Å²) in [6.07, 6.45) is 0. The van der Waals surface area contributed by atoms with Crippen molar-refractivity contribution >= 4 is 33.3 Å². The summed E-state index contributed by atoms with van der Waals surface area (Å²) >= 11 is 6.01. The van der Waals surface area contributed by atoms with Gasteiger partial charge >= 0.3 is 5.97 Å². The van der Waals surface area contributed by atoms with Crippen LogP contribution in [0.15, 0.2) is 53.4 Å². The molecule has 0 amide bonds. The molecule has 0 aliphatic carbocycles. The van der Waals surface area contributed by atoms with Gasteiger partial charge in [0.1, 0.15) is 6.54 Å². The van der Waals surface area contributed by atoms with Gasteiger partial charge in [0.15, 0.2) is 0 Å². The number of aliphatic carboxylic acids is 1. The van der Waals surface area contributed by atoms with Crippen LogP contribution in [0.25, 0.3) is 0 Å². The van der Waals surface area contributed by atoms with Crippen molar-refractivity contribution in [2.24, 2.45) is 0 Å². The molecule has 0 radical (unpaired) electrons. The molecule has 0 heterocycles. The number of hydrogen-bond acceptors (Lipinski definition) is 5. The van der Waals surface area contributed by atoms with Gasteiger partial charge in [-0.25, -0.2) is 8.42 Å². The Kier molecular flexibility index (Phi) is 5.73. The average molecular weight is 385 g/mol. The first-order chi connectivity index (χ1) is 11.7. The zero-order valence-electron chi connectivity index (χ0n) is 12.7. The van der Waals surface area contributed by atoms with Gasteiger partial charge in [-0.3, -0.25) is 14.9 Å². The number of carboxylic acid groups (broad SMARTS) is 1. The molecule has 0 spiro atoms. The van der Waals surface area contributed by atoms with Gasteiger partial charge in [-0.1, -0.05) is 29.8 Å². The number of rotatable bonds is 7. The van der Waals surface area contributed by atoms with Crippen molar-refractivity contribution in [2.75, 3.05) is 6.54 Å². The number of hydrogen-bond donors (Lipinski definition) is 1. The Bertz CT molecular complexity index is 898. The van der Waals surface area contributed by atoms with Gasteiger partial charge < -0.3 is 5.11 Å². The number of nitro groups is 1. The maximum Gasteiger partial charge on any atom is 0.318 e. The molecular formula is C15H13ClN2O6S. The fraction of sp³-hybridized carbons (Fsp3) is 0.133. The fourth-order valence-corrected chi connectivity index (χ4v) is 3.65. The predicted octanol–water partition coefficient (Wildman–Crippen LogP) is 2.52. The van der Waals surface area contributed by atoms with Crippen LogP contribution in [0.1, 0.15) is 5.56 Å². The number of nitrogens with zero attached hydrogens (tertiary/aromatic N) is 2. The number of nitro benzene ring substituents is 1. The van der Waals surface area contributed by atoms with Crippen LogP contribution >= 0.6 is 11.6 Å². The van der Waals surface area contributed by atoms with Crippen LogP contribution in [0.3, 0.4) is 0 Å². The Morgan fingerprint density at radius 1 is 1.16 bits per heavy atom. The monoisotopic (exact) mass is 384 g/mol. The molecule has 0 unspecified atom stereocenters. The van der Waals surface area contributed by atoms with E-state index < -0.39 is 27.5 Å². The third kappa shape index (κ3) is 4.53. The highest BCUT2D eigenvalue weighted by Gasteiger charge is 2.27. The number of benzene rings is 2. The summed E-state index contributed by atoms with van der Waals surface area (Å²) in [7, 11) is -4.18. The van der Waals surface area contributed by atoms with E-state index in [0.717, 1.165) is 28.6 Å². The lowest BCUT2D eigenvalue weighted by atomic mass is 10.2. The number of non-ortho nitro benzene ring substituents is 1. The molecule has 1 N–H and O–H groups in total. The Balaban J connectivity index is 2.39. The van der Waals surface area contributed by atoms with E-state index in [9.17, 15) is 23.3 Å². The minimum absolute atomic E-state index is 0.244. The van der Waals surface area contributed by atoms with Crippen LogP contribution in [0, 0.1) is 10.1 Å². The summed E-state index contributed by atoms with van der Waals surface area (Å²) in [5.41, 5.74) is 0.172. The summed E-state index contributed by atoms with van der Waals surface area (Å²) in [6.45, 7) is -1.02. The number of carbonyl (C=O) groups is 1. The Labute approximate surface area is 148 Å². The van der Waals surface area contributed by atoms with Crippen molar-refractivity contribution in [1.82, 2.24) is 4.31 Å². The van der Waals surface area contributed by atoms with E-state index >= 15 is 0 Å². The van der Waals surface area contributed by atoms with Crippen molar-refractivity contribution in [3.8, 4) is 0 Å². The molecule has 0 saturated carbocycles. The van der Waals surface area contributed by atoms with E-state index in [2.05, 4.69) is 0 Å². The van der Waals surface area contributed by atoms with E-state index in [1.165, 1.54) is 0 Å². The van der Waals surface area contributed by atoms with Gasteiger partial charge in [0.25, 0.3) is 5.69 Å². The zero-order chi connectivity index (χ0) is 18.6. The fourth-order valence-electron chi connectivity index (χ4n) is 2.08. The quantitative estimate of drug-likeness (QED) is 0.578. The summed E-state index contributed by atoms with van der Waals surface area (Å²) < 4.78 is 26.2. The molecular weight excluding hydrogens is 372 g/mol. The molecule has 0 aromatic heterocycles. The van der Waals surface area contributed by atoms with Crippen LogP contribution in [0.2, 0.25) is 5.02 Å². The summed E-state index contributed by atoms with van der Waals surface area (Å²) in [5.74, 6) is -1.34. The van der Waals surface area contributed by atoms with Crippen LogP contribution in [0.5, 0.6) is 0 Å². The molecule has 2 aromatic carbocycles. The molecule has 0 aliphatic heterocycles. The topological polar surface area (TPSA) is 118 Å². The van der Waals surface area contributed by atoms with Crippen LogP contribution < -0.4 is 0 Å². The molecule has 0 fully saturated rings.